The summed E-state index contributed by atoms with van der Waals surface area (Å²) in [6.45, 7) is 4.31. The van der Waals surface area contributed by atoms with Gasteiger partial charge >= 0.3 is 0 Å². The molecule has 0 fully saturated rings. The fourth-order valence-corrected chi connectivity index (χ4v) is 1.26. The molecule has 0 aromatic carbocycles. The Balaban J connectivity index is 2.83. The van der Waals surface area contributed by atoms with Crippen molar-refractivity contribution in [1.29, 1.82) is 0 Å². The Morgan fingerprint density at radius 1 is 1.50 bits per heavy atom. The zero-order chi connectivity index (χ0) is 10.6. The van der Waals surface area contributed by atoms with Gasteiger partial charge in [0.1, 0.15) is 5.82 Å². The van der Waals surface area contributed by atoms with E-state index in [0.29, 0.717) is 11.9 Å². The van der Waals surface area contributed by atoms with E-state index in [0.717, 1.165) is 17.9 Å². The normalized spacial score (nSPS) is 12.6. The van der Waals surface area contributed by atoms with Gasteiger partial charge in [-0.25, -0.2) is 4.98 Å². The lowest BCUT2D eigenvalue weighted by Gasteiger charge is -2.24. The Morgan fingerprint density at radius 3 is 2.79 bits per heavy atom. The molecule has 1 aromatic heterocycles. The molecule has 3 nitrogen and oxygen atoms in total. The van der Waals surface area contributed by atoms with Crippen molar-refractivity contribution in [2.45, 2.75) is 32.2 Å². The first kappa shape index (κ1) is 11.2. The van der Waals surface area contributed by atoms with Gasteiger partial charge < -0.3 is 4.90 Å². The summed E-state index contributed by atoms with van der Waals surface area (Å²) in [6, 6.07) is 0.467. The standard InChI is InChI=1S/C10H16ClN3/c1-4-8(2)14(3)10-7-12-6-9(5-11)13-10/h6-8H,4-5H2,1-3H3. The van der Waals surface area contributed by atoms with Crippen LogP contribution in [0, 0.1) is 0 Å². The van der Waals surface area contributed by atoms with Gasteiger partial charge in [-0.15, -0.1) is 11.6 Å². The summed E-state index contributed by atoms with van der Waals surface area (Å²) in [7, 11) is 2.02. The quantitative estimate of drug-likeness (QED) is 0.720. The monoisotopic (exact) mass is 213 g/mol. The van der Waals surface area contributed by atoms with Crippen LogP contribution in [0.1, 0.15) is 26.0 Å². The number of nitrogens with zero attached hydrogens (tertiary/aromatic N) is 3. The molecule has 0 aliphatic carbocycles. The molecule has 0 aliphatic heterocycles. The van der Waals surface area contributed by atoms with Crippen LogP contribution in [-0.4, -0.2) is 23.1 Å². The fourth-order valence-electron chi connectivity index (χ4n) is 1.13. The van der Waals surface area contributed by atoms with Gasteiger partial charge in [-0.1, -0.05) is 6.92 Å². The Morgan fingerprint density at radius 2 is 2.21 bits per heavy atom. The highest BCUT2D eigenvalue weighted by Crippen LogP contribution is 2.13. The summed E-state index contributed by atoms with van der Waals surface area (Å²) < 4.78 is 0. The molecular formula is C10H16ClN3. The number of aromatic nitrogens is 2. The summed E-state index contributed by atoms with van der Waals surface area (Å²) in [5.74, 6) is 1.30. The van der Waals surface area contributed by atoms with Crippen LogP contribution in [0.5, 0.6) is 0 Å². The molecule has 0 amide bonds. The molecule has 1 aromatic rings. The second-order valence-corrected chi connectivity index (χ2v) is 3.64. The van der Waals surface area contributed by atoms with Gasteiger partial charge in [-0.2, -0.15) is 0 Å². The van der Waals surface area contributed by atoms with Crippen molar-refractivity contribution < 1.29 is 0 Å². The Hall–Kier alpha value is -0.830. The smallest absolute Gasteiger partial charge is 0.147 e. The molecule has 14 heavy (non-hydrogen) atoms. The molecule has 78 valence electrons. The van der Waals surface area contributed by atoms with Gasteiger partial charge in [0.05, 0.1) is 17.8 Å². The summed E-state index contributed by atoms with van der Waals surface area (Å²) in [6.07, 6.45) is 4.55. The largest absolute Gasteiger partial charge is 0.356 e. The average Bonchev–Trinajstić information content (AvgIpc) is 2.27. The minimum atomic E-state index is 0.412. The van der Waals surface area contributed by atoms with Gasteiger partial charge in [-0.3, -0.25) is 4.98 Å². The predicted molar refractivity (Wildman–Crippen MR) is 59.7 cm³/mol. The van der Waals surface area contributed by atoms with Crippen molar-refractivity contribution in [3.63, 3.8) is 0 Å². The van der Waals surface area contributed by atoms with Gasteiger partial charge in [0.25, 0.3) is 0 Å². The third-order valence-electron chi connectivity index (χ3n) is 2.42. The molecule has 0 saturated heterocycles. The van der Waals surface area contributed by atoms with E-state index in [1.54, 1.807) is 12.4 Å². The van der Waals surface area contributed by atoms with Crippen LogP contribution in [0.2, 0.25) is 0 Å². The van der Waals surface area contributed by atoms with E-state index >= 15 is 0 Å². The zero-order valence-electron chi connectivity index (χ0n) is 8.87. The third kappa shape index (κ3) is 2.58. The van der Waals surface area contributed by atoms with Crippen molar-refractivity contribution >= 4 is 17.4 Å². The molecule has 1 heterocycles. The number of halogens is 1. The number of hydrogen-bond acceptors (Lipinski definition) is 3. The summed E-state index contributed by atoms with van der Waals surface area (Å²) >= 11 is 5.70. The summed E-state index contributed by atoms with van der Waals surface area (Å²) in [4.78, 5) is 10.6. The average molecular weight is 214 g/mol. The maximum atomic E-state index is 5.70. The predicted octanol–water partition coefficient (Wildman–Crippen LogP) is 2.45. The van der Waals surface area contributed by atoms with E-state index in [9.17, 15) is 0 Å². The van der Waals surface area contributed by atoms with Crippen molar-refractivity contribution in [3.05, 3.63) is 18.1 Å². The second kappa shape index (κ2) is 5.15. The molecule has 1 rings (SSSR count). The summed E-state index contributed by atoms with van der Waals surface area (Å²) in [5.41, 5.74) is 0.819. The first-order chi connectivity index (χ1) is 6.69. The van der Waals surface area contributed by atoms with E-state index in [1.165, 1.54) is 0 Å². The molecule has 1 unspecified atom stereocenters. The minimum Gasteiger partial charge on any atom is -0.356 e. The molecule has 1 atom stereocenters. The van der Waals surface area contributed by atoms with Gasteiger partial charge in [-0.05, 0) is 13.3 Å². The van der Waals surface area contributed by atoms with Crippen LogP contribution in [0.4, 0.5) is 5.82 Å². The second-order valence-electron chi connectivity index (χ2n) is 3.37. The number of alkyl halides is 1. The SMILES string of the molecule is CCC(C)N(C)c1cncc(CCl)n1. The van der Waals surface area contributed by atoms with Crippen LogP contribution >= 0.6 is 11.6 Å². The van der Waals surface area contributed by atoms with Crippen LogP contribution in [0.3, 0.4) is 0 Å². The molecule has 0 aliphatic rings. The first-order valence-electron chi connectivity index (χ1n) is 4.78. The molecule has 4 heteroatoms. The Labute approximate surface area is 90.1 Å². The highest BCUT2D eigenvalue weighted by Gasteiger charge is 2.09. The van der Waals surface area contributed by atoms with Crippen LogP contribution < -0.4 is 4.90 Å². The molecule has 0 radical (unpaired) electrons. The van der Waals surface area contributed by atoms with Crippen LogP contribution in [0.25, 0.3) is 0 Å². The van der Waals surface area contributed by atoms with E-state index in [-0.39, 0.29) is 0 Å². The number of rotatable bonds is 4. The lowest BCUT2D eigenvalue weighted by Crippen LogP contribution is -2.29. The fraction of sp³-hybridized carbons (Fsp3) is 0.600. The lowest BCUT2D eigenvalue weighted by molar-refractivity contribution is 0.654. The lowest BCUT2D eigenvalue weighted by atomic mass is 10.2. The van der Waals surface area contributed by atoms with Gasteiger partial charge in [0.2, 0.25) is 0 Å². The first-order valence-corrected chi connectivity index (χ1v) is 5.32. The van der Waals surface area contributed by atoms with E-state index < -0.39 is 0 Å². The van der Waals surface area contributed by atoms with Crippen LogP contribution in [0.15, 0.2) is 12.4 Å². The number of anilines is 1. The molecular weight excluding hydrogens is 198 g/mol. The van der Waals surface area contributed by atoms with Crippen LogP contribution in [-0.2, 0) is 5.88 Å². The van der Waals surface area contributed by atoms with Gasteiger partial charge in [0, 0.05) is 19.3 Å². The maximum Gasteiger partial charge on any atom is 0.147 e. The molecule has 0 saturated carbocycles. The molecule has 0 N–H and O–H groups in total. The Bertz CT molecular complexity index is 290. The Kier molecular flexibility index (Phi) is 4.14. The topological polar surface area (TPSA) is 29.0 Å². The highest BCUT2D eigenvalue weighted by molar-refractivity contribution is 6.16. The van der Waals surface area contributed by atoms with E-state index in [2.05, 4.69) is 28.7 Å². The van der Waals surface area contributed by atoms with Crippen molar-refractivity contribution in [3.8, 4) is 0 Å². The van der Waals surface area contributed by atoms with E-state index in [4.69, 9.17) is 11.6 Å². The van der Waals surface area contributed by atoms with Crippen molar-refractivity contribution in [2.24, 2.45) is 0 Å². The van der Waals surface area contributed by atoms with E-state index in [1.807, 2.05) is 7.05 Å². The third-order valence-corrected chi connectivity index (χ3v) is 2.70. The van der Waals surface area contributed by atoms with Crippen molar-refractivity contribution in [1.82, 2.24) is 9.97 Å². The zero-order valence-corrected chi connectivity index (χ0v) is 9.62. The van der Waals surface area contributed by atoms with Crippen molar-refractivity contribution in [2.75, 3.05) is 11.9 Å². The van der Waals surface area contributed by atoms with Gasteiger partial charge in [0.15, 0.2) is 0 Å². The molecule has 0 bridgehead atoms. The number of hydrogen-bond donors (Lipinski definition) is 0. The highest BCUT2D eigenvalue weighted by atomic mass is 35.5. The summed E-state index contributed by atoms with van der Waals surface area (Å²) in [5, 5.41) is 0. The minimum absolute atomic E-state index is 0.412. The maximum absolute atomic E-state index is 5.70. The molecule has 0 spiro atoms.